The molecule has 2 aliphatic heterocycles. The molecule has 2 aliphatic rings. The molecule has 9 heteroatoms. The first-order valence-electron chi connectivity index (χ1n) is 12.3. The summed E-state index contributed by atoms with van der Waals surface area (Å²) in [7, 11) is 2.03. The smallest absolute Gasteiger partial charge is 0.411 e. The van der Waals surface area contributed by atoms with E-state index in [2.05, 4.69) is 10.2 Å². The molecule has 2 unspecified atom stereocenters. The minimum Gasteiger partial charge on any atom is -0.459 e. The maximum atomic E-state index is 13.8. The van der Waals surface area contributed by atoms with E-state index in [1.807, 2.05) is 43.1 Å². The van der Waals surface area contributed by atoms with Crippen LogP contribution in [0.2, 0.25) is 0 Å². The maximum Gasteiger partial charge on any atom is 0.411 e. The lowest BCUT2D eigenvalue weighted by Crippen LogP contribution is -2.54. The van der Waals surface area contributed by atoms with Crippen LogP contribution in [0, 0.1) is 6.92 Å². The third-order valence-electron chi connectivity index (χ3n) is 7.00. The second kappa shape index (κ2) is 10.5. The van der Waals surface area contributed by atoms with Crippen molar-refractivity contribution in [3.05, 3.63) is 89.4 Å². The molecule has 0 aliphatic carbocycles. The number of carbonyl (C=O) groups excluding carboxylic acids is 3. The van der Waals surface area contributed by atoms with Crippen LogP contribution < -0.4 is 5.32 Å². The third-order valence-corrected chi connectivity index (χ3v) is 7.00. The number of furan rings is 1. The molecule has 0 spiro atoms. The van der Waals surface area contributed by atoms with Crippen molar-refractivity contribution >= 4 is 23.6 Å². The van der Waals surface area contributed by atoms with Crippen molar-refractivity contribution in [3.63, 3.8) is 0 Å². The zero-order chi connectivity index (χ0) is 25.9. The van der Waals surface area contributed by atoms with Gasteiger partial charge < -0.3 is 24.3 Å². The van der Waals surface area contributed by atoms with Crippen LogP contribution in [0.1, 0.15) is 33.3 Å². The highest BCUT2D eigenvalue weighted by Gasteiger charge is 2.48. The Morgan fingerprint density at radius 2 is 1.70 bits per heavy atom. The molecule has 3 aromatic rings. The molecule has 2 fully saturated rings. The van der Waals surface area contributed by atoms with Gasteiger partial charge in [0.2, 0.25) is 5.91 Å². The minimum absolute atomic E-state index is 0.118. The number of ether oxygens (including phenoxy) is 1. The minimum atomic E-state index is -0.793. The highest BCUT2D eigenvalue weighted by atomic mass is 16.6. The number of nitrogens with zero attached hydrogens (tertiary/aromatic N) is 3. The molecule has 2 atom stereocenters. The number of rotatable bonds is 6. The fraction of sp³-hybridized carbons (Fsp3) is 0.321. The van der Waals surface area contributed by atoms with Crippen molar-refractivity contribution < 1.29 is 23.5 Å². The first kappa shape index (κ1) is 24.6. The van der Waals surface area contributed by atoms with Gasteiger partial charge in [0.05, 0.1) is 12.8 Å². The number of cyclic esters (lactones) is 1. The SMILES string of the molecule is Cc1ccccc1CN1C(=O)OC(c2ccc(NC(=O)c3ccco3)cc2)C1C(=O)N1CCN(C)CC1. The zero-order valence-corrected chi connectivity index (χ0v) is 20.9. The summed E-state index contributed by atoms with van der Waals surface area (Å²) in [6.45, 7) is 5.02. The lowest BCUT2D eigenvalue weighted by atomic mass is 9.99. The maximum absolute atomic E-state index is 13.8. The summed E-state index contributed by atoms with van der Waals surface area (Å²) in [4.78, 5) is 44.8. The topological polar surface area (TPSA) is 95.3 Å². The summed E-state index contributed by atoms with van der Waals surface area (Å²) in [5.74, 6) is -0.274. The number of hydrogen-bond donors (Lipinski definition) is 1. The van der Waals surface area contributed by atoms with Crippen LogP contribution in [0.4, 0.5) is 10.5 Å². The Morgan fingerprint density at radius 3 is 2.38 bits per heavy atom. The number of anilines is 1. The van der Waals surface area contributed by atoms with Gasteiger partial charge in [0.25, 0.3) is 5.91 Å². The molecule has 0 bridgehead atoms. The van der Waals surface area contributed by atoms with E-state index in [0.29, 0.717) is 24.3 Å². The number of likely N-dealkylation sites (N-methyl/N-ethyl adjacent to an activating group) is 1. The van der Waals surface area contributed by atoms with E-state index >= 15 is 0 Å². The van der Waals surface area contributed by atoms with E-state index < -0.39 is 18.2 Å². The Balaban J connectivity index is 1.40. The average Bonchev–Trinajstić information content (AvgIpc) is 3.55. The number of amides is 3. The van der Waals surface area contributed by atoms with E-state index in [-0.39, 0.29) is 24.1 Å². The number of aryl methyl sites for hydroxylation is 1. The highest BCUT2D eigenvalue weighted by Crippen LogP contribution is 2.36. The van der Waals surface area contributed by atoms with Gasteiger partial charge in [-0.1, -0.05) is 36.4 Å². The molecule has 2 aromatic carbocycles. The van der Waals surface area contributed by atoms with Crippen molar-refractivity contribution in [1.29, 1.82) is 0 Å². The lowest BCUT2D eigenvalue weighted by Gasteiger charge is -2.36. The van der Waals surface area contributed by atoms with Gasteiger partial charge in [-0.15, -0.1) is 0 Å². The Hall–Kier alpha value is -4.11. The fourth-order valence-electron chi connectivity index (χ4n) is 4.74. The molecule has 192 valence electrons. The number of hydrogen-bond acceptors (Lipinski definition) is 6. The van der Waals surface area contributed by atoms with Crippen LogP contribution in [0.3, 0.4) is 0 Å². The second-order valence-electron chi connectivity index (χ2n) is 9.49. The Kier molecular flexibility index (Phi) is 6.96. The van der Waals surface area contributed by atoms with E-state index in [1.165, 1.54) is 6.26 Å². The van der Waals surface area contributed by atoms with Gasteiger partial charge in [-0.3, -0.25) is 14.5 Å². The van der Waals surface area contributed by atoms with Crippen LogP contribution in [-0.2, 0) is 16.1 Å². The van der Waals surface area contributed by atoms with E-state index in [0.717, 1.165) is 24.2 Å². The number of benzene rings is 2. The third kappa shape index (κ3) is 5.22. The normalized spacial score (nSPS) is 20.1. The summed E-state index contributed by atoms with van der Waals surface area (Å²) in [6.07, 6.45) is 0.154. The average molecular weight is 503 g/mol. The Bertz CT molecular complexity index is 1270. The number of carbonyl (C=O) groups is 3. The van der Waals surface area contributed by atoms with Gasteiger partial charge in [-0.05, 0) is 54.9 Å². The largest absolute Gasteiger partial charge is 0.459 e. The molecule has 1 N–H and O–H groups in total. The summed E-state index contributed by atoms with van der Waals surface area (Å²) in [5, 5.41) is 2.78. The molecule has 9 nitrogen and oxygen atoms in total. The summed E-state index contributed by atoms with van der Waals surface area (Å²) in [5.41, 5.74) is 3.26. The quantitative estimate of drug-likeness (QED) is 0.553. The Labute approximate surface area is 215 Å². The molecule has 0 saturated carbocycles. The first-order chi connectivity index (χ1) is 17.9. The predicted molar refractivity (Wildman–Crippen MR) is 137 cm³/mol. The second-order valence-corrected chi connectivity index (χ2v) is 9.49. The van der Waals surface area contributed by atoms with Crippen LogP contribution in [0.5, 0.6) is 0 Å². The van der Waals surface area contributed by atoms with Crippen molar-refractivity contribution in [2.24, 2.45) is 0 Å². The van der Waals surface area contributed by atoms with Gasteiger partial charge in [-0.25, -0.2) is 4.79 Å². The van der Waals surface area contributed by atoms with Crippen molar-refractivity contribution in [1.82, 2.24) is 14.7 Å². The summed E-state index contributed by atoms with van der Waals surface area (Å²) >= 11 is 0. The van der Waals surface area contributed by atoms with Crippen LogP contribution in [0.15, 0.2) is 71.3 Å². The first-order valence-corrected chi connectivity index (χ1v) is 12.3. The molecule has 37 heavy (non-hydrogen) atoms. The van der Waals surface area contributed by atoms with Crippen molar-refractivity contribution in [2.45, 2.75) is 25.6 Å². The van der Waals surface area contributed by atoms with Crippen LogP contribution >= 0.6 is 0 Å². The van der Waals surface area contributed by atoms with Gasteiger partial charge in [0, 0.05) is 31.9 Å². The van der Waals surface area contributed by atoms with E-state index in [4.69, 9.17) is 9.15 Å². The van der Waals surface area contributed by atoms with Gasteiger partial charge >= 0.3 is 6.09 Å². The molecule has 2 saturated heterocycles. The number of nitrogens with one attached hydrogen (secondary N) is 1. The standard InChI is InChI=1S/C28H30N4O5/c1-19-6-3-4-7-21(19)18-32-24(27(34)31-15-13-30(2)14-16-31)25(37-28(32)35)20-9-11-22(12-10-20)29-26(33)23-8-5-17-36-23/h3-12,17,24-25H,13-16,18H2,1-2H3,(H,29,33). The van der Waals surface area contributed by atoms with Gasteiger partial charge in [-0.2, -0.15) is 0 Å². The summed E-state index contributed by atoms with van der Waals surface area (Å²) < 4.78 is 11.0. The highest BCUT2D eigenvalue weighted by molar-refractivity contribution is 6.02. The molecule has 0 radical (unpaired) electrons. The summed E-state index contributed by atoms with van der Waals surface area (Å²) in [6, 6.07) is 17.3. The lowest BCUT2D eigenvalue weighted by molar-refractivity contribution is -0.138. The van der Waals surface area contributed by atoms with Crippen LogP contribution in [0.25, 0.3) is 0 Å². The number of piperazine rings is 1. The van der Waals surface area contributed by atoms with Crippen molar-refractivity contribution in [2.75, 3.05) is 38.5 Å². The molecule has 5 rings (SSSR count). The predicted octanol–water partition coefficient (Wildman–Crippen LogP) is 3.68. The van der Waals surface area contributed by atoms with Crippen molar-refractivity contribution in [3.8, 4) is 0 Å². The fourth-order valence-corrected chi connectivity index (χ4v) is 4.74. The zero-order valence-electron chi connectivity index (χ0n) is 20.9. The Morgan fingerprint density at radius 1 is 0.973 bits per heavy atom. The molecule has 3 amide bonds. The van der Waals surface area contributed by atoms with Gasteiger partial charge in [0.1, 0.15) is 0 Å². The van der Waals surface area contributed by atoms with Gasteiger partial charge in [0.15, 0.2) is 17.9 Å². The molecule has 1 aromatic heterocycles. The molecular formula is C28H30N4O5. The van der Waals surface area contributed by atoms with Crippen LogP contribution in [-0.4, -0.2) is 71.9 Å². The molecular weight excluding hydrogens is 472 g/mol. The van der Waals surface area contributed by atoms with E-state index in [1.54, 1.807) is 41.3 Å². The van der Waals surface area contributed by atoms with E-state index in [9.17, 15) is 14.4 Å². The monoisotopic (exact) mass is 502 g/mol. The molecule has 3 heterocycles.